The van der Waals surface area contributed by atoms with Crippen molar-refractivity contribution in [2.24, 2.45) is 10.9 Å². The van der Waals surface area contributed by atoms with Gasteiger partial charge in [0.2, 0.25) is 0 Å². The lowest BCUT2D eigenvalue weighted by atomic mass is 10.9. The molecule has 3 nitrogen and oxygen atoms in total. The van der Waals surface area contributed by atoms with Crippen LogP contribution in [0.4, 0.5) is 0 Å². The largest absolute Gasteiger partial charge is 0.323 e. The van der Waals surface area contributed by atoms with Crippen molar-refractivity contribution in [3.8, 4) is 0 Å². The Morgan fingerprint density at radius 1 is 1.80 bits per heavy atom. The summed E-state index contributed by atoms with van der Waals surface area (Å²) in [5.41, 5.74) is 0. The minimum atomic E-state index is 0.514. The molecule has 0 radical (unpaired) electrons. The molecule has 0 fully saturated rings. The molecule has 2 N–H and O–H groups in total. The second-order valence-electron chi connectivity index (χ2n) is 0.434. The minimum Gasteiger partial charge on any atom is -0.323 e. The zero-order valence-electron chi connectivity index (χ0n) is 2.59. The van der Waals surface area contributed by atoms with Crippen molar-refractivity contribution in [1.29, 1.82) is 0 Å². The van der Waals surface area contributed by atoms with Crippen LogP contribution in [0, 0.1) is 0 Å². The van der Waals surface area contributed by atoms with Gasteiger partial charge in [0.05, 0.1) is 6.21 Å². The predicted molar refractivity (Wildman–Crippen MR) is 18.7 cm³/mol. The Morgan fingerprint density at radius 3 is 2.40 bits per heavy atom. The maximum absolute atomic E-state index is 9.18. The SMILES string of the molecule is N/N=C/C=O. The van der Waals surface area contributed by atoms with Crippen LogP contribution in [-0.4, -0.2) is 12.5 Å². The fraction of sp³-hybridized carbons (Fsp3) is 0. The maximum atomic E-state index is 9.18. The van der Waals surface area contributed by atoms with E-state index in [2.05, 4.69) is 10.9 Å². The van der Waals surface area contributed by atoms with Crippen LogP contribution in [0.5, 0.6) is 0 Å². The van der Waals surface area contributed by atoms with Gasteiger partial charge in [0.25, 0.3) is 0 Å². The summed E-state index contributed by atoms with van der Waals surface area (Å²) in [6.07, 6.45) is 1.49. The third-order valence-corrected chi connectivity index (χ3v) is 0.147. The van der Waals surface area contributed by atoms with E-state index in [4.69, 9.17) is 0 Å². The summed E-state index contributed by atoms with van der Waals surface area (Å²) >= 11 is 0. The summed E-state index contributed by atoms with van der Waals surface area (Å²) in [5.74, 6) is 4.48. The van der Waals surface area contributed by atoms with Crippen molar-refractivity contribution in [2.45, 2.75) is 0 Å². The molecule has 0 aromatic carbocycles. The van der Waals surface area contributed by atoms with Crippen LogP contribution in [0.15, 0.2) is 5.10 Å². The van der Waals surface area contributed by atoms with Crippen LogP contribution in [0.25, 0.3) is 0 Å². The molecule has 0 saturated carbocycles. The maximum Gasteiger partial charge on any atom is 0.162 e. The molecular formula is C2H4N2O. The van der Waals surface area contributed by atoms with Gasteiger partial charge in [-0.05, 0) is 0 Å². The first-order chi connectivity index (χ1) is 2.41. The zero-order valence-corrected chi connectivity index (χ0v) is 2.59. The third-order valence-electron chi connectivity index (χ3n) is 0.147. The van der Waals surface area contributed by atoms with Gasteiger partial charge in [0, 0.05) is 0 Å². The van der Waals surface area contributed by atoms with E-state index in [1.807, 2.05) is 0 Å². The van der Waals surface area contributed by atoms with E-state index in [1.165, 1.54) is 0 Å². The van der Waals surface area contributed by atoms with Gasteiger partial charge in [-0.3, -0.25) is 4.79 Å². The van der Waals surface area contributed by atoms with E-state index in [1.54, 1.807) is 0 Å². The molecule has 0 aliphatic rings. The van der Waals surface area contributed by atoms with Gasteiger partial charge in [0.15, 0.2) is 6.29 Å². The molecule has 0 amide bonds. The van der Waals surface area contributed by atoms with Crippen LogP contribution < -0.4 is 5.84 Å². The van der Waals surface area contributed by atoms with Gasteiger partial charge in [-0.2, -0.15) is 5.10 Å². The Kier molecular flexibility index (Phi) is 2.60. The van der Waals surface area contributed by atoms with Crippen LogP contribution >= 0.6 is 0 Å². The number of rotatable bonds is 1. The average molecular weight is 72.1 g/mol. The topological polar surface area (TPSA) is 55.4 Å². The molecule has 0 heterocycles. The smallest absolute Gasteiger partial charge is 0.162 e. The molecule has 0 rings (SSSR count). The Bertz CT molecular complexity index is 49.6. The number of nitrogens with two attached hydrogens (primary N) is 1. The summed E-state index contributed by atoms with van der Waals surface area (Å²) in [4.78, 5) is 9.18. The van der Waals surface area contributed by atoms with E-state index in [0.717, 1.165) is 6.21 Å². The zero-order chi connectivity index (χ0) is 4.12. The third kappa shape index (κ3) is 3.14. The Labute approximate surface area is 29.5 Å². The van der Waals surface area contributed by atoms with Crippen LogP contribution in [-0.2, 0) is 4.79 Å². The molecule has 0 aliphatic heterocycles. The first-order valence-electron chi connectivity index (χ1n) is 1.09. The number of carbonyl (C=O) groups is 1. The van der Waals surface area contributed by atoms with Gasteiger partial charge in [0.1, 0.15) is 0 Å². The van der Waals surface area contributed by atoms with E-state index in [-0.39, 0.29) is 0 Å². The summed E-state index contributed by atoms with van der Waals surface area (Å²) in [7, 11) is 0. The van der Waals surface area contributed by atoms with Gasteiger partial charge in [-0.1, -0.05) is 0 Å². The Morgan fingerprint density at radius 2 is 2.40 bits per heavy atom. The number of hydrogen-bond acceptors (Lipinski definition) is 3. The lowest BCUT2D eigenvalue weighted by Gasteiger charge is -1.56. The molecule has 28 valence electrons. The van der Waals surface area contributed by atoms with Crippen molar-refractivity contribution >= 4 is 12.5 Å². The summed E-state index contributed by atoms with van der Waals surface area (Å²) < 4.78 is 0. The van der Waals surface area contributed by atoms with Crippen molar-refractivity contribution in [3.05, 3.63) is 0 Å². The normalized spacial score (nSPS) is 8.80. The first kappa shape index (κ1) is 4.14. The highest BCUT2D eigenvalue weighted by atomic mass is 16.1. The molecule has 0 unspecified atom stereocenters. The quantitative estimate of drug-likeness (QED) is 0.189. The van der Waals surface area contributed by atoms with Gasteiger partial charge in [-0.15, -0.1) is 0 Å². The van der Waals surface area contributed by atoms with Gasteiger partial charge in [-0.25, -0.2) is 0 Å². The Hall–Kier alpha value is -0.860. The van der Waals surface area contributed by atoms with Crippen molar-refractivity contribution in [1.82, 2.24) is 0 Å². The van der Waals surface area contributed by atoms with E-state index in [0.29, 0.717) is 6.29 Å². The number of carbonyl (C=O) groups excluding carboxylic acids is 1. The molecule has 0 aromatic heterocycles. The monoisotopic (exact) mass is 72.0 g/mol. The molecule has 0 atom stereocenters. The van der Waals surface area contributed by atoms with Crippen LogP contribution in [0.2, 0.25) is 0 Å². The molecule has 0 aromatic rings. The van der Waals surface area contributed by atoms with Crippen molar-refractivity contribution < 1.29 is 4.79 Å². The van der Waals surface area contributed by atoms with Crippen LogP contribution in [0.3, 0.4) is 0 Å². The summed E-state index contributed by atoms with van der Waals surface area (Å²) in [6, 6.07) is 0. The molecule has 0 saturated heterocycles. The molecule has 0 bridgehead atoms. The molecule has 3 heteroatoms. The minimum absolute atomic E-state index is 0.514. The lowest BCUT2D eigenvalue weighted by Crippen LogP contribution is -1.80. The first-order valence-corrected chi connectivity index (χ1v) is 1.09. The fourth-order valence-corrected chi connectivity index (χ4v) is 0.0351. The highest BCUT2D eigenvalue weighted by Gasteiger charge is 1.49. The molecule has 5 heavy (non-hydrogen) atoms. The standard InChI is InChI=1S/C2H4N2O/c3-4-1-2-5/h1-2H,3H2/b4-1+. The molecule has 0 aliphatic carbocycles. The van der Waals surface area contributed by atoms with E-state index < -0.39 is 0 Å². The predicted octanol–water partition coefficient (Wildman–Crippen LogP) is -0.870. The van der Waals surface area contributed by atoms with Crippen molar-refractivity contribution in [2.75, 3.05) is 0 Å². The van der Waals surface area contributed by atoms with E-state index in [9.17, 15) is 4.79 Å². The Balaban J connectivity index is 2.92. The molecular weight excluding hydrogens is 68.0 g/mol. The van der Waals surface area contributed by atoms with Crippen LogP contribution in [0.1, 0.15) is 0 Å². The highest BCUT2D eigenvalue weighted by Crippen LogP contribution is 1.29. The average Bonchev–Trinajstić information content (AvgIpc) is 1.41. The number of nitrogens with zero attached hydrogens (tertiary/aromatic N) is 1. The highest BCUT2D eigenvalue weighted by molar-refractivity contribution is 6.12. The lowest BCUT2D eigenvalue weighted by molar-refractivity contribution is -0.102. The second kappa shape index (κ2) is 3.14. The number of aldehydes is 1. The fourth-order valence-electron chi connectivity index (χ4n) is 0.0351. The second-order valence-corrected chi connectivity index (χ2v) is 0.434. The molecule has 0 spiro atoms. The summed E-state index contributed by atoms with van der Waals surface area (Å²) in [6.45, 7) is 0. The van der Waals surface area contributed by atoms with Crippen molar-refractivity contribution in [3.63, 3.8) is 0 Å². The van der Waals surface area contributed by atoms with Gasteiger partial charge >= 0.3 is 0 Å². The number of hydrogen-bond donors (Lipinski definition) is 1. The number of hydrazone groups is 1. The van der Waals surface area contributed by atoms with Gasteiger partial charge < -0.3 is 5.84 Å². The summed E-state index contributed by atoms with van der Waals surface area (Å²) in [5, 5.41) is 2.86. The van der Waals surface area contributed by atoms with E-state index >= 15 is 0 Å².